The zero-order valence-electron chi connectivity index (χ0n) is 15.5. The van der Waals surface area contributed by atoms with E-state index in [9.17, 15) is 9.50 Å². The van der Waals surface area contributed by atoms with Crippen LogP contribution in [0.2, 0.25) is 0 Å². The molecule has 4 nitrogen and oxygen atoms in total. The molecule has 3 rings (SSSR count). The first kappa shape index (κ1) is 18.7. The van der Waals surface area contributed by atoms with E-state index in [1.54, 1.807) is 6.07 Å². The Bertz CT molecular complexity index is 709. The predicted octanol–water partition coefficient (Wildman–Crippen LogP) is 1.59. The molecule has 0 radical (unpaired) electrons. The number of aliphatic hydroxyl groups is 1. The Morgan fingerprint density at radius 2 is 1.73 bits per heavy atom. The Kier molecular flexibility index (Phi) is 6.12. The number of hydrogen-bond donors (Lipinski definition) is 2. The van der Waals surface area contributed by atoms with Gasteiger partial charge in [-0.1, -0.05) is 30.3 Å². The van der Waals surface area contributed by atoms with E-state index in [-0.39, 0.29) is 5.82 Å². The number of nitrogens with one attached hydrogen (secondary N) is 1. The first-order chi connectivity index (χ1) is 12.5. The maximum atomic E-state index is 13.9. The summed E-state index contributed by atoms with van der Waals surface area (Å²) in [5.74, 6) is 0.698. The number of benzene rings is 2. The summed E-state index contributed by atoms with van der Waals surface area (Å²) in [4.78, 5) is 3.41. The number of ether oxygens (including phenoxy) is 1. The third kappa shape index (κ3) is 4.54. The van der Waals surface area contributed by atoms with Crippen LogP contribution in [0.1, 0.15) is 11.1 Å². The standard InChI is InChI=1S/C21H27FN2O2/c1-16-6-5-7-17(2)21(16)26-15-18(25)14-23-10-12-24(13-11-23)20-9-4-3-8-19(20)22/h3-9,18,25H,10-15H2,1-2H3/p+1/t18-/m1/s1. The molecule has 0 unspecified atom stereocenters. The van der Waals surface area contributed by atoms with Crippen molar-refractivity contribution < 1.29 is 19.1 Å². The van der Waals surface area contributed by atoms with E-state index in [2.05, 4.69) is 4.90 Å². The lowest BCUT2D eigenvalue weighted by molar-refractivity contribution is -0.903. The number of quaternary nitrogens is 1. The molecular formula is C21H28FN2O2+. The van der Waals surface area contributed by atoms with Gasteiger partial charge in [0.05, 0.1) is 31.9 Å². The lowest BCUT2D eigenvalue weighted by atomic mass is 10.1. The van der Waals surface area contributed by atoms with Crippen LogP contribution in [0.15, 0.2) is 42.5 Å². The van der Waals surface area contributed by atoms with Crippen LogP contribution in [0.4, 0.5) is 10.1 Å². The van der Waals surface area contributed by atoms with Crippen molar-refractivity contribution in [3.05, 3.63) is 59.4 Å². The van der Waals surface area contributed by atoms with E-state index in [1.165, 1.54) is 11.0 Å². The fourth-order valence-corrected chi connectivity index (χ4v) is 3.57. The van der Waals surface area contributed by atoms with E-state index in [4.69, 9.17) is 4.74 Å². The summed E-state index contributed by atoms with van der Waals surface area (Å²) in [6.07, 6.45) is -0.510. The van der Waals surface area contributed by atoms with E-state index in [1.807, 2.05) is 44.2 Å². The molecule has 5 heteroatoms. The second kappa shape index (κ2) is 8.52. The second-order valence-electron chi connectivity index (χ2n) is 7.08. The summed E-state index contributed by atoms with van der Waals surface area (Å²) in [6, 6.07) is 13.0. The van der Waals surface area contributed by atoms with Crippen LogP contribution >= 0.6 is 0 Å². The van der Waals surface area contributed by atoms with Crippen LogP contribution in [0.25, 0.3) is 0 Å². The third-order valence-electron chi connectivity index (χ3n) is 5.02. The van der Waals surface area contributed by atoms with E-state index < -0.39 is 6.10 Å². The summed E-state index contributed by atoms with van der Waals surface area (Å²) in [7, 11) is 0. The first-order valence-electron chi connectivity index (χ1n) is 9.24. The highest BCUT2D eigenvalue weighted by molar-refractivity contribution is 5.47. The molecular weight excluding hydrogens is 331 g/mol. The van der Waals surface area contributed by atoms with Crippen molar-refractivity contribution >= 4 is 5.69 Å². The Morgan fingerprint density at radius 1 is 1.08 bits per heavy atom. The molecule has 0 saturated carbocycles. The van der Waals surface area contributed by atoms with Crippen LogP contribution < -0.4 is 14.5 Å². The minimum atomic E-state index is -0.510. The summed E-state index contributed by atoms with van der Waals surface area (Å²) >= 11 is 0. The quantitative estimate of drug-likeness (QED) is 0.823. The molecule has 0 bridgehead atoms. The molecule has 26 heavy (non-hydrogen) atoms. The predicted molar refractivity (Wildman–Crippen MR) is 102 cm³/mol. The average Bonchev–Trinajstić information content (AvgIpc) is 2.62. The Morgan fingerprint density at radius 3 is 2.38 bits per heavy atom. The van der Waals surface area contributed by atoms with Gasteiger partial charge in [-0.3, -0.25) is 0 Å². The number of hydrogen-bond acceptors (Lipinski definition) is 3. The van der Waals surface area contributed by atoms with Crippen molar-refractivity contribution in [1.29, 1.82) is 0 Å². The number of nitrogens with zero attached hydrogens (tertiary/aromatic N) is 1. The van der Waals surface area contributed by atoms with Gasteiger partial charge in [-0.25, -0.2) is 4.39 Å². The van der Waals surface area contributed by atoms with Gasteiger partial charge in [-0.05, 0) is 37.1 Å². The molecule has 0 aliphatic carbocycles. The van der Waals surface area contributed by atoms with Crippen LogP contribution in [-0.2, 0) is 0 Å². The lowest BCUT2D eigenvalue weighted by Gasteiger charge is -2.34. The molecule has 0 aromatic heterocycles. The number of halogens is 1. The van der Waals surface area contributed by atoms with Gasteiger partial charge in [0.25, 0.3) is 0 Å². The SMILES string of the molecule is Cc1cccc(C)c1OC[C@H](O)C[NH+]1CCN(c2ccccc2F)CC1. The molecule has 1 fully saturated rings. The van der Waals surface area contributed by atoms with Crippen LogP contribution in [0.3, 0.4) is 0 Å². The monoisotopic (exact) mass is 359 g/mol. The number of piperazine rings is 1. The molecule has 1 atom stereocenters. The number of aryl methyl sites for hydroxylation is 2. The summed E-state index contributed by atoms with van der Waals surface area (Å²) in [6.45, 7) is 8.33. The van der Waals surface area contributed by atoms with Gasteiger partial charge in [0.2, 0.25) is 0 Å². The number of anilines is 1. The zero-order valence-corrected chi connectivity index (χ0v) is 15.5. The summed E-state index contributed by atoms with van der Waals surface area (Å²) in [5, 5.41) is 10.4. The van der Waals surface area contributed by atoms with Crippen molar-refractivity contribution in [2.45, 2.75) is 20.0 Å². The molecule has 1 aliphatic rings. The number of aliphatic hydroxyl groups excluding tert-OH is 1. The van der Waals surface area contributed by atoms with Crippen molar-refractivity contribution in [3.63, 3.8) is 0 Å². The fraction of sp³-hybridized carbons (Fsp3) is 0.429. The van der Waals surface area contributed by atoms with Crippen molar-refractivity contribution in [2.24, 2.45) is 0 Å². The molecule has 0 spiro atoms. The van der Waals surface area contributed by atoms with E-state index in [0.29, 0.717) is 18.8 Å². The molecule has 140 valence electrons. The highest BCUT2D eigenvalue weighted by Gasteiger charge is 2.24. The van der Waals surface area contributed by atoms with Gasteiger partial charge in [0, 0.05) is 0 Å². The lowest BCUT2D eigenvalue weighted by Crippen LogP contribution is -3.16. The number of para-hydroxylation sites is 2. The van der Waals surface area contributed by atoms with Crippen LogP contribution in [0.5, 0.6) is 5.75 Å². The summed E-state index contributed by atoms with van der Waals surface area (Å²) < 4.78 is 19.8. The van der Waals surface area contributed by atoms with E-state index >= 15 is 0 Å². The highest BCUT2D eigenvalue weighted by Crippen LogP contribution is 2.22. The minimum absolute atomic E-state index is 0.169. The zero-order chi connectivity index (χ0) is 18.5. The largest absolute Gasteiger partial charge is 0.490 e. The van der Waals surface area contributed by atoms with Gasteiger partial charge < -0.3 is 19.6 Å². The summed E-state index contributed by atoms with van der Waals surface area (Å²) in [5.41, 5.74) is 2.84. The normalized spacial score (nSPS) is 16.5. The maximum Gasteiger partial charge on any atom is 0.146 e. The van der Waals surface area contributed by atoms with Crippen molar-refractivity contribution in [1.82, 2.24) is 0 Å². The molecule has 2 aromatic carbocycles. The smallest absolute Gasteiger partial charge is 0.146 e. The maximum absolute atomic E-state index is 13.9. The highest BCUT2D eigenvalue weighted by atomic mass is 19.1. The van der Waals surface area contributed by atoms with Crippen molar-refractivity contribution in [2.75, 3.05) is 44.2 Å². The molecule has 2 aromatic rings. The molecule has 0 amide bonds. The molecule has 1 heterocycles. The molecule has 2 N–H and O–H groups in total. The topological polar surface area (TPSA) is 37.1 Å². The van der Waals surface area contributed by atoms with E-state index in [0.717, 1.165) is 43.1 Å². The van der Waals surface area contributed by atoms with Gasteiger partial charge >= 0.3 is 0 Å². The minimum Gasteiger partial charge on any atom is -0.490 e. The van der Waals surface area contributed by atoms with Crippen molar-refractivity contribution in [3.8, 4) is 5.75 Å². The Balaban J connectivity index is 1.46. The van der Waals surface area contributed by atoms with Crippen LogP contribution in [-0.4, -0.2) is 50.5 Å². The van der Waals surface area contributed by atoms with Gasteiger partial charge in [-0.15, -0.1) is 0 Å². The van der Waals surface area contributed by atoms with Gasteiger partial charge in [-0.2, -0.15) is 0 Å². The van der Waals surface area contributed by atoms with Gasteiger partial charge in [0.15, 0.2) is 0 Å². The molecule has 1 saturated heterocycles. The second-order valence-corrected chi connectivity index (χ2v) is 7.08. The Labute approximate surface area is 154 Å². The fourth-order valence-electron chi connectivity index (χ4n) is 3.57. The van der Waals surface area contributed by atoms with Gasteiger partial charge in [0.1, 0.15) is 30.8 Å². The first-order valence-corrected chi connectivity index (χ1v) is 9.24. The third-order valence-corrected chi connectivity index (χ3v) is 5.02. The average molecular weight is 359 g/mol. The number of rotatable bonds is 6. The molecule has 1 aliphatic heterocycles. The van der Waals surface area contributed by atoms with Crippen LogP contribution in [0, 0.1) is 19.7 Å². The Hall–Kier alpha value is -2.11.